The van der Waals surface area contributed by atoms with Crippen LogP contribution in [0.3, 0.4) is 0 Å². The number of hydrogen-bond donors (Lipinski definition) is 2. The number of hydrogen-bond acceptors (Lipinski definition) is 5. The van der Waals surface area contributed by atoms with Crippen molar-refractivity contribution in [2.75, 3.05) is 6.54 Å². The minimum atomic E-state index is -4.04. The number of nitrogens with zero attached hydrogens (tertiary/aromatic N) is 1. The highest BCUT2D eigenvalue weighted by molar-refractivity contribution is 7.89. The largest absolute Gasteiger partial charge is 0.392 e. The smallest absolute Gasteiger partial charge is 0.243 e. The van der Waals surface area contributed by atoms with E-state index in [4.69, 9.17) is 16.7 Å². The van der Waals surface area contributed by atoms with E-state index in [1.54, 1.807) is 11.6 Å². The number of halogens is 2. The van der Waals surface area contributed by atoms with Crippen molar-refractivity contribution >= 4 is 33.0 Å². The monoisotopic (exact) mass is 350 g/mol. The van der Waals surface area contributed by atoms with Gasteiger partial charge in [0, 0.05) is 35.1 Å². The first-order chi connectivity index (χ1) is 9.94. The molecular weight excluding hydrogens is 339 g/mol. The second-order valence-corrected chi connectivity index (χ2v) is 7.26. The Morgan fingerprint density at radius 1 is 1.43 bits per heavy atom. The van der Waals surface area contributed by atoms with Crippen LogP contribution in [0.4, 0.5) is 4.39 Å². The first-order valence-electron chi connectivity index (χ1n) is 5.91. The second kappa shape index (κ2) is 6.80. The molecular formula is C12H12ClFN2O3S2. The molecule has 0 bridgehead atoms. The highest BCUT2D eigenvalue weighted by Gasteiger charge is 2.22. The molecule has 2 rings (SSSR count). The highest BCUT2D eigenvalue weighted by Crippen LogP contribution is 2.23. The van der Waals surface area contributed by atoms with Gasteiger partial charge in [-0.15, -0.1) is 11.3 Å². The van der Waals surface area contributed by atoms with Crippen molar-refractivity contribution in [1.29, 1.82) is 0 Å². The van der Waals surface area contributed by atoms with E-state index in [1.165, 1.54) is 17.4 Å². The van der Waals surface area contributed by atoms with E-state index < -0.39 is 27.3 Å². The van der Waals surface area contributed by atoms with Crippen molar-refractivity contribution in [3.8, 4) is 0 Å². The lowest BCUT2D eigenvalue weighted by Gasteiger charge is -2.10. The third kappa shape index (κ3) is 3.98. The number of rotatable bonds is 6. The molecule has 0 saturated heterocycles. The predicted molar refractivity (Wildman–Crippen MR) is 78.3 cm³/mol. The van der Waals surface area contributed by atoms with Crippen molar-refractivity contribution in [3.05, 3.63) is 45.1 Å². The molecule has 0 saturated carbocycles. The van der Waals surface area contributed by atoms with E-state index >= 15 is 0 Å². The quantitative estimate of drug-likeness (QED) is 0.834. The summed E-state index contributed by atoms with van der Waals surface area (Å²) >= 11 is 7.15. The lowest BCUT2D eigenvalue weighted by Crippen LogP contribution is -2.27. The molecule has 0 amide bonds. The molecule has 0 aliphatic rings. The average Bonchev–Trinajstić information content (AvgIpc) is 2.93. The highest BCUT2D eigenvalue weighted by atomic mass is 35.5. The molecule has 0 spiro atoms. The summed E-state index contributed by atoms with van der Waals surface area (Å²) in [5.41, 5.74) is -0.164. The Morgan fingerprint density at radius 2 is 2.19 bits per heavy atom. The summed E-state index contributed by atoms with van der Waals surface area (Å²) in [6.07, 6.45) is 2.03. The summed E-state index contributed by atoms with van der Waals surface area (Å²) < 4.78 is 40.5. The molecule has 1 heterocycles. The van der Waals surface area contributed by atoms with Crippen LogP contribution in [0.25, 0.3) is 0 Å². The number of aromatic nitrogens is 1. The van der Waals surface area contributed by atoms with Gasteiger partial charge in [-0.1, -0.05) is 11.6 Å². The van der Waals surface area contributed by atoms with Crippen LogP contribution in [0.1, 0.15) is 10.6 Å². The van der Waals surface area contributed by atoms with Gasteiger partial charge >= 0.3 is 0 Å². The van der Waals surface area contributed by atoms with E-state index in [-0.39, 0.29) is 17.1 Å². The Kier molecular flexibility index (Phi) is 5.28. The zero-order valence-corrected chi connectivity index (χ0v) is 13.1. The first kappa shape index (κ1) is 16.3. The minimum Gasteiger partial charge on any atom is -0.392 e. The van der Waals surface area contributed by atoms with Gasteiger partial charge in [-0.05, 0) is 12.1 Å². The van der Waals surface area contributed by atoms with Gasteiger partial charge in [0.05, 0.1) is 11.6 Å². The van der Waals surface area contributed by atoms with Crippen LogP contribution in [0.15, 0.2) is 28.6 Å². The van der Waals surface area contributed by atoms with Gasteiger partial charge in [-0.3, -0.25) is 0 Å². The Bertz CT molecular complexity index is 720. The maximum absolute atomic E-state index is 14.0. The Hall–Kier alpha value is -1.06. The van der Waals surface area contributed by atoms with Crippen molar-refractivity contribution in [2.24, 2.45) is 0 Å². The molecule has 5 nitrogen and oxygen atoms in total. The van der Waals surface area contributed by atoms with Crippen LogP contribution in [0.2, 0.25) is 5.02 Å². The Balaban J connectivity index is 2.17. The maximum Gasteiger partial charge on any atom is 0.243 e. The molecule has 9 heteroatoms. The van der Waals surface area contributed by atoms with Crippen LogP contribution in [-0.2, 0) is 23.1 Å². The van der Waals surface area contributed by atoms with Crippen molar-refractivity contribution in [1.82, 2.24) is 9.71 Å². The molecule has 2 aromatic rings. The average molecular weight is 351 g/mol. The molecule has 0 aliphatic carbocycles. The fourth-order valence-corrected chi connectivity index (χ4v) is 3.78. The number of aliphatic hydroxyl groups excluding tert-OH is 1. The summed E-state index contributed by atoms with van der Waals surface area (Å²) in [5, 5.41) is 11.6. The number of nitrogens with one attached hydrogen (secondary N) is 1. The molecule has 21 heavy (non-hydrogen) atoms. The van der Waals surface area contributed by atoms with Gasteiger partial charge in [-0.25, -0.2) is 22.5 Å². The molecule has 0 atom stereocenters. The number of sulfonamides is 1. The van der Waals surface area contributed by atoms with Gasteiger partial charge < -0.3 is 5.11 Å². The molecule has 1 aromatic carbocycles. The van der Waals surface area contributed by atoms with E-state index in [9.17, 15) is 12.8 Å². The minimum absolute atomic E-state index is 0.0424. The standard InChI is InChI=1S/C12H12ClFN2O3S2/c13-9-5-8(7-17)12(14)10(6-9)21(18,19)16-2-1-11-15-3-4-20-11/h3-6,16-17H,1-2,7H2. The molecule has 2 N–H and O–H groups in total. The maximum atomic E-state index is 14.0. The lowest BCUT2D eigenvalue weighted by molar-refractivity contribution is 0.274. The summed E-state index contributed by atoms with van der Waals surface area (Å²) in [7, 11) is -4.04. The van der Waals surface area contributed by atoms with E-state index in [1.807, 2.05) is 0 Å². The molecule has 0 radical (unpaired) electrons. The topological polar surface area (TPSA) is 79.3 Å². The van der Waals surface area contributed by atoms with Crippen molar-refractivity contribution in [2.45, 2.75) is 17.9 Å². The summed E-state index contributed by atoms with van der Waals surface area (Å²) in [6, 6.07) is 2.20. The molecule has 0 fully saturated rings. The fraction of sp³-hybridized carbons (Fsp3) is 0.250. The number of thiazole rings is 1. The summed E-state index contributed by atoms with van der Waals surface area (Å²) in [5.74, 6) is -0.997. The zero-order chi connectivity index (χ0) is 15.5. The van der Waals surface area contributed by atoms with E-state index in [2.05, 4.69) is 9.71 Å². The molecule has 114 valence electrons. The SMILES string of the molecule is O=S(=O)(NCCc1nccs1)c1cc(Cl)cc(CO)c1F. The van der Waals surface area contributed by atoms with Crippen LogP contribution < -0.4 is 4.72 Å². The predicted octanol–water partition coefficient (Wildman–Crippen LogP) is 1.95. The third-order valence-electron chi connectivity index (χ3n) is 2.65. The van der Waals surface area contributed by atoms with Gasteiger partial charge in [0.15, 0.2) is 0 Å². The van der Waals surface area contributed by atoms with E-state index in [0.29, 0.717) is 6.42 Å². The fourth-order valence-electron chi connectivity index (χ4n) is 1.68. The van der Waals surface area contributed by atoms with Gasteiger partial charge in [0.2, 0.25) is 10.0 Å². The van der Waals surface area contributed by atoms with Crippen molar-refractivity contribution in [3.63, 3.8) is 0 Å². The van der Waals surface area contributed by atoms with Gasteiger partial charge in [0.25, 0.3) is 0 Å². The normalized spacial score (nSPS) is 11.8. The van der Waals surface area contributed by atoms with Crippen molar-refractivity contribution < 1.29 is 17.9 Å². The summed E-state index contributed by atoms with van der Waals surface area (Å²) in [6.45, 7) is -0.537. The molecule has 0 unspecified atom stereocenters. The van der Waals surface area contributed by atoms with Gasteiger partial charge in [0.1, 0.15) is 10.7 Å². The molecule has 0 aliphatic heterocycles. The zero-order valence-electron chi connectivity index (χ0n) is 10.7. The Morgan fingerprint density at radius 3 is 2.81 bits per heavy atom. The van der Waals surface area contributed by atoms with Crippen LogP contribution >= 0.6 is 22.9 Å². The number of aliphatic hydroxyl groups is 1. The summed E-state index contributed by atoms with van der Waals surface area (Å²) in [4.78, 5) is 3.45. The van der Waals surface area contributed by atoms with Crippen LogP contribution in [-0.4, -0.2) is 25.1 Å². The van der Waals surface area contributed by atoms with E-state index in [0.717, 1.165) is 11.1 Å². The molecule has 1 aromatic heterocycles. The number of benzene rings is 1. The van der Waals surface area contributed by atoms with Crippen LogP contribution in [0, 0.1) is 5.82 Å². The van der Waals surface area contributed by atoms with Gasteiger partial charge in [-0.2, -0.15) is 0 Å². The lowest BCUT2D eigenvalue weighted by atomic mass is 10.2. The second-order valence-electron chi connectivity index (χ2n) is 4.11. The van der Waals surface area contributed by atoms with Crippen LogP contribution in [0.5, 0.6) is 0 Å². The first-order valence-corrected chi connectivity index (χ1v) is 8.65. The third-order valence-corrected chi connectivity index (χ3v) is 5.17. The Labute approximate surface area is 130 Å².